The van der Waals surface area contributed by atoms with E-state index < -0.39 is 26.7 Å². The molecule has 1 unspecified atom stereocenters. The Labute approximate surface area is 187 Å². The molecule has 0 radical (unpaired) electrons. The van der Waals surface area contributed by atoms with Crippen LogP contribution in [-0.2, 0) is 21.4 Å². The third-order valence-electron chi connectivity index (χ3n) is 5.08. The highest BCUT2D eigenvalue weighted by molar-refractivity contribution is 8.00. The molecule has 2 N–H and O–H groups in total. The summed E-state index contributed by atoms with van der Waals surface area (Å²) >= 11 is 1.50. The zero-order valence-corrected chi connectivity index (χ0v) is 19.6. The fourth-order valence-electron chi connectivity index (χ4n) is 3.66. The number of sulfonamides is 1. The predicted molar refractivity (Wildman–Crippen MR) is 119 cm³/mol. The number of benzene rings is 1. The van der Waals surface area contributed by atoms with Crippen molar-refractivity contribution in [1.82, 2.24) is 14.8 Å². The summed E-state index contributed by atoms with van der Waals surface area (Å²) in [7, 11) is -3.93. The van der Waals surface area contributed by atoms with Gasteiger partial charge in [-0.1, -0.05) is 12.1 Å². The van der Waals surface area contributed by atoms with E-state index in [1.54, 1.807) is 31.5 Å². The maximum atomic E-state index is 13.3. The molecule has 2 aromatic rings. The highest BCUT2D eigenvalue weighted by Gasteiger charge is 2.48. The van der Waals surface area contributed by atoms with Crippen LogP contribution < -0.4 is 10.2 Å². The average molecular weight is 466 g/mol. The van der Waals surface area contributed by atoms with E-state index in [1.165, 1.54) is 28.2 Å². The SMILES string of the molecule is Cc1cc(OCc2ccc(S(=O)(=O)N3CCSC(C)(C)C3C(=O)NO)cc2)cc(C)n1. The maximum absolute atomic E-state index is 13.3. The molecule has 1 aromatic carbocycles. The molecule has 0 spiro atoms. The molecule has 2 heterocycles. The Bertz CT molecular complexity index is 1030. The Balaban J connectivity index is 1.79. The second-order valence-corrected chi connectivity index (χ2v) is 11.6. The van der Waals surface area contributed by atoms with Crippen molar-refractivity contribution in [2.24, 2.45) is 0 Å². The number of hydrogen-bond acceptors (Lipinski definition) is 7. The Kier molecular flexibility index (Phi) is 6.95. The summed E-state index contributed by atoms with van der Waals surface area (Å²) in [5.74, 6) is 0.513. The number of hydroxylamine groups is 1. The summed E-state index contributed by atoms with van der Waals surface area (Å²) in [6.07, 6.45) is 0. The zero-order valence-electron chi connectivity index (χ0n) is 18.0. The van der Waals surface area contributed by atoms with Crippen molar-refractivity contribution >= 4 is 27.7 Å². The van der Waals surface area contributed by atoms with Gasteiger partial charge in [-0.25, -0.2) is 13.9 Å². The van der Waals surface area contributed by atoms with Crippen LogP contribution in [-0.4, -0.2) is 51.9 Å². The minimum Gasteiger partial charge on any atom is -0.489 e. The van der Waals surface area contributed by atoms with Crippen LogP contribution in [0, 0.1) is 13.8 Å². The van der Waals surface area contributed by atoms with Crippen LogP contribution >= 0.6 is 11.8 Å². The summed E-state index contributed by atoms with van der Waals surface area (Å²) < 4.78 is 32.9. The monoisotopic (exact) mass is 465 g/mol. The summed E-state index contributed by atoms with van der Waals surface area (Å²) in [4.78, 5) is 16.7. The molecule has 168 valence electrons. The average Bonchev–Trinajstić information content (AvgIpc) is 2.70. The van der Waals surface area contributed by atoms with Crippen LogP contribution in [0.4, 0.5) is 0 Å². The van der Waals surface area contributed by atoms with Gasteiger partial charge in [0.1, 0.15) is 18.4 Å². The van der Waals surface area contributed by atoms with Crippen LogP contribution in [0.15, 0.2) is 41.3 Å². The van der Waals surface area contributed by atoms with Crippen molar-refractivity contribution in [1.29, 1.82) is 0 Å². The summed E-state index contributed by atoms with van der Waals surface area (Å²) in [6.45, 7) is 7.84. The molecule has 0 saturated carbocycles. The fourth-order valence-corrected chi connectivity index (χ4v) is 6.77. The van der Waals surface area contributed by atoms with Crippen molar-refractivity contribution in [3.8, 4) is 5.75 Å². The predicted octanol–water partition coefficient (Wildman–Crippen LogP) is 2.67. The van der Waals surface area contributed by atoms with Gasteiger partial charge in [0, 0.05) is 40.6 Å². The largest absolute Gasteiger partial charge is 0.489 e. The smallest absolute Gasteiger partial charge is 0.263 e. The number of aryl methyl sites for hydroxylation is 2. The Morgan fingerprint density at radius 3 is 2.45 bits per heavy atom. The summed E-state index contributed by atoms with van der Waals surface area (Å²) in [6, 6.07) is 9.07. The van der Waals surface area contributed by atoms with E-state index in [0.717, 1.165) is 17.0 Å². The Morgan fingerprint density at radius 1 is 1.26 bits per heavy atom. The van der Waals surface area contributed by atoms with Gasteiger partial charge < -0.3 is 4.74 Å². The number of aromatic nitrogens is 1. The number of carbonyl (C=O) groups excluding carboxylic acids is 1. The van der Waals surface area contributed by atoms with Gasteiger partial charge in [0.05, 0.1) is 4.90 Å². The molecule has 1 aliphatic heterocycles. The molecule has 3 rings (SSSR count). The first-order valence-electron chi connectivity index (χ1n) is 9.81. The lowest BCUT2D eigenvalue weighted by molar-refractivity contribution is -0.134. The van der Waals surface area contributed by atoms with Crippen LogP contribution in [0.2, 0.25) is 0 Å². The first-order valence-corrected chi connectivity index (χ1v) is 12.2. The second-order valence-electron chi connectivity index (χ2n) is 7.96. The van der Waals surface area contributed by atoms with E-state index >= 15 is 0 Å². The first-order chi connectivity index (χ1) is 14.5. The highest BCUT2D eigenvalue weighted by Crippen LogP contribution is 2.38. The normalized spacial score (nSPS) is 19.1. The molecular weight excluding hydrogens is 438 g/mol. The van der Waals surface area contributed by atoms with Crippen LogP contribution in [0.1, 0.15) is 30.8 Å². The molecule has 1 aromatic heterocycles. The molecule has 8 nitrogen and oxygen atoms in total. The van der Waals surface area contributed by atoms with Gasteiger partial charge in [0.15, 0.2) is 0 Å². The van der Waals surface area contributed by atoms with Gasteiger partial charge in [-0.2, -0.15) is 16.1 Å². The van der Waals surface area contributed by atoms with Gasteiger partial charge >= 0.3 is 0 Å². The first kappa shape index (κ1) is 23.5. The third-order valence-corrected chi connectivity index (χ3v) is 8.31. The number of hydrogen-bond donors (Lipinski definition) is 2. The van der Waals surface area contributed by atoms with E-state index in [1.807, 2.05) is 26.0 Å². The number of nitrogens with zero attached hydrogens (tertiary/aromatic N) is 2. The molecule has 1 saturated heterocycles. The van der Waals surface area contributed by atoms with Gasteiger partial charge in [-0.3, -0.25) is 15.0 Å². The number of rotatable bonds is 6. The van der Waals surface area contributed by atoms with E-state index in [2.05, 4.69) is 4.98 Å². The molecule has 31 heavy (non-hydrogen) atoms. The molecule has 1 amide bonds. The Hall–Kier alpha value is -2.14. The topological polar surface area (TPSA) is 109 Å². The molecule has 0 bridgehead atoms. The summed E-state index contributed by atoms with van der Waals surface area (Å²) in [5, 5.41) is 9.15. The zero-order chi connectivity index (χ0) is 22.8. The number of pyridine rings is 1. The van der Waals surface area contributed by atoms with E-state index in [0.29, 0.717) is 11.5 Å². The van der Waals surface area contributed by atoms with Crippen molar-refractivity contribution < 1.29 is 23.2 Å². The highest BCUT2D eigenvalue weighted by atomic mass is 32.2. The lowest BCUT2D eigenvalue weighted by Gasteiger charge is -2.43. The van der Waals surface area contributed by atoms with Crippen molar-refractivity contribution in [3.05, 3.63) is 53.3 Å². The number of ether oxygens (including phenoxy) is 1. The fraction of sp³-hybridized carbons (Fsp3) is 0.429. The lowest BCUT2D eigenvalue weighted by Crippen LogP contribution is -2.61. The number of carbonyl (C=O) groups is 1. The number of thioether (sulfide) groups is 1. The van der Waals surface area contributed by atoms with Gasteiger partial charge in [0.25, 0.3) is 5.91 Å². The standard InChI is InChI=1S/C21H27N3O5S2/c1-14-11-17(12-15(2)22-14)29-13-16-5-7-18(8-6-16)31(27,28)24-9-10-30-21(3,4)19(24)20(25)23-26/h5-8,11-12,19,26H,9-10,13H2,1-4H3,(H,23,25). The molecule has 0 aliphatic carbocycles. The molecule has 1 aliphatic rings. The third kappa shape index (κ3) is 5.20. The van der Waals surface area contributed by atoms with Gasteiger partial charge in [-0.05, 0) is 45.4 Å². The number of nitrogens with one attached hydrogen (secondary N) is 1. The van der Waals surface area contributed by atoms with Crippen LogP contribution in [0.25, 0.3) is 0 Å². The van der Waals surface area contributed by atoms with Gasteiger partial charge in [0.2, 0.25) is 10.0 Å². The molecule has 1 atom stereocenters. The minimum absolute atomic E-state index is 0.0882. The van der Waals surface area contributed by atoms with Crippen LogP contribution in [0.3, 0.4) is 0 Å². The molecule has 1 fully saturated rings. The quantitative estimate of drug-likeness (QED) is 0.499. The number of amides is 1. The second kappa shape index (κ2) is 9.15. The van der Waals surface area contributed by atoms with E-state index in [4.69, 9.17) is 9.94 Å². The lowest BCUT2D eigenvalue weighted by atomic mass is 10.0. The van der Waals surface area contributed by atoms with Crippen molar-refractivity contribution in [3.63, 3.8) is 0 Å². The van der Waals surface area contributed by atoms with Crippen molar-refractivity contribution in [2.75, 3.05) is 12.3 Å². The molecule has 10 heteroatoms. The van der Waals surface area contributed by atoms with E-state index in [-0.39, 0.29) is 18.0 Å². The van der Waals surface area contributed by atoms with E-state index in [9.17, 15) is 13.2 Å². The Morgan fingerprint density at radius 2 is 1.87 bits per heavy atom. The molecular formula is C21H27N3O5S2. The van der Waals surface area contributed by atoms with Gasteiger partial charge in [-0.15, -0.1) is 0 Å². The van der Waals surface area contributed by atoms with Crippen LogP contribution in [0.5, 0.6) is 5.75 Å². The minimum atomic E-state index is -3.93. The maximum Gasteiger partial charge on any atom is 0.263 e. The van der Waals surface area contributed by atoms with Crippen molar-refractivity contribution in [2.45, 2.75) is 50.0 Å². The summed E-state index contributed by atoms with van der Waals surface area (Å²) in [5.41, 5.74) is 4.15.